The molecule has 0 fully saturated rings. The molecule has 0 amide bonds. The molecule has 2 unspecified atom stereocenters. The Morgan fingerprint density at radius 1 is 1.22 bits per heavy atom. The van der Waals surface area contributed by atoms with Gasteiger partial charge in [0.1, 0.15) is 0 Å². The summed E-state index contributed by atoms with van der Waals surface area (Å²) in [6.07, 6.45) is 1.13. The van der Waals surface area contributed by atoms with Crippen LogP contribution in [0.25, 0.3) is 0 Å². The van der Waals surface area contributed by atoms with E-state index in [1.807, 2.05) is 19.1 Å². The number of aryl methyl sites for hydroxylation is 1. The van der Waals surface area contributed by atoms with Crippen molar-refractivity contribution in [2.24, 2.45) is 0 Å². The highest BCUT2D eigenvalue weighted by Gasteiger charge is 2.29. The van der Waals surface area contributed by atoms with E-state index in [0.717, 1.165) is 11.8 Å². The molecule has 1 aromatic rings. The Labute approximate surface area is 111 Å². The van der Waals surface area contributed by atoms with Gasteiger partial charge in [-0.1, -0.05) is 17.7 Å². The summed E-state index contributed by atoms with van der Waals surface area (Å²) in [5.74, 6) is 0. The average Bonchev–Trinajstić information content (AvgIpc) is 2.24. The summed E-state index contributed by atoms with van der Waals surface area (Å²) < 4.78 is 34.9. The molecule has 0 N–H and O–H groups in total. The van der Waals surface area contributed by atoms with Crippen LogP contribution in [0.5, 0.6) is 0 Å². The lowest BCUT2D eigenvalue weighted by Crippen LogP contribution is -2.35. The smallest absolute Gasteiger partial charge is 0.163 e. The van der Waals surface area contributed by atoms with Gasteiger partial charge in [-0.3, -0.25) is 4.21 Å². The topological polar surface area (TPSA) is 54.5 Å². The first kappa shape index (κ1) is 15.3. The first-order valence-corrected chi connectivity index (χ1v) is 8.69. The fourth-order valence-electron chi connectivity index (χ4n) is 1.48. The van der Waals surface area contributed by atoms with Crippen molar-refractivity contribution in [3.63, 3.8) is 0 Å². The third-order valence-corrected chi connectivity index (χ3v) is 6.52. The highest BCUT2D eigenvalue weighted by atomic mass is 32.3. The minimum absolute atomic E-state index is 0.249. The van der Waals surface area contributed by atoms with Crippen molar-refractivity contribution in [3.05, 3.63) is 29.8 Å². The Balaban J connectivity index is 3.07. The number of rotatable bonds is 5. The molecule has 0 heterocycles. The molecule has 4 nitrogen and oxygen atoms in total. The number of hydrogen-bond acceptors (Lipinski definition) is 4. The van der Waals surface area contributed by atoms with E-state index in [4.69, 9.17) is 0 Å². The molecule has 0 aromatic heterocycles. The lowest BCUT2D eigenvalue weighted by Gasteiger charge is -2.19. The Bertz CT molecular complexity index is 521. The molecule has 0 saturated carbocycles. The van der Waals surface area contributed by atoms with Crippen LogP contribution in [0.15, 0.2) is 29.2 Å². The van der Waals surface area contributed by atoms with E-state index in [1.54, 1.807) is 31.1 Å². The van der Waals surface area contributed by atoms with Gasteiger partial charge in [-0.15, -0.1) is 0 Å². The molecule has 0 spiro atoms. The second kappa shape index (κ2) is 5.95. The van der Waals surface area contributed by atoms with E-state index >= 15 is 0 Å². The summed E-state index contributed by atoms with van der Waals surface area (Å²) in [6.45, 7) is 2.18. The molecule has 0 bridgehead atoms. The number of hydrogen-bond donors (Lipinski definition) is 0. The highest BCUT2D eigenvalue weighted by molar-refractivity contribution is 8.06. The van der Waals surface area contributed by atoms with Crippen LogP contribution in [0.4, 0.5) is 0 Å². The van der Waals surface area contributed by atoms with Gasteiger partial charge in [-0.25, -0.2) is 8.42 Å². The van der Waals surface area contributed by atoms with Crippen LogP contribution in [0.1, 0.15) is 5.56 Å². The lowest BCUT2D eigenvalue weighted by atomic mass is 10.2. The van der Waals surface area contributed by atoms with Gasteiger partial charge in [-0.05, 0) is 33.2 Å². The minimum Gasteiger partial charge on any atom is -0.307 e. The number of benzene rings is 1. The van der Waals surface area contributed by atoms with E-state index < -0.39 is 25.2 Å². The summed E-state index contributed by atoms with van der Waals surface area (Å²) in [5, 5.41) is 0. The molecular formula is C12H19NO3S2. The van der Waals surface area contributed by atoms with Crippen LogP contribution in [0.3, 0.4) is 0 Å². The van der Waals surface area contributed by atoms with Gasteiger partial charge >= 0.3 is 0 Å². The monoisotopic (exact) mass is 289 g/mol. The summed E-state index contributed by atoms with van der Waals surface area (Å²) in [7, 11) is -1.37. The van der Waals surface area contributed by atoms with Crippen LogP contribution in [0, 0.1) is 6.92 Å². The zero-order valence-corrected chi connectivity index (χ0v) is 12.7. The Morgan fingerprint density at radius 2 is 1.72 bits per heavy atom. The standard InChI is InChI=1S/C12H19NO3S2/c1-10-5-7-11(8-6-10)17(14)12(9-13(2)3)18(4,15)16/h5-8,12H,9H2,1-4H3. The fraction of sp³-hybridized carbons (Fsp3) is 0.500. The molecule has 0 aliphatic heterocycles. The second-order valence-corrected chi connectivity index (χ2v) is 8.79. The largest absolute Gasteiger partial charge is 0.307 e. The summed E-state index contributed by atoms with van der Waals surface area (Å²) in [6, 6.07) is 7.11. The molecule has 0 aliphatic carbocycles. The van der Waals surface area contributed by atoms with E-state index in [2.05, 4.69) is 0 Å². The van der Waals surface area contributed by atoms with Crippen molar-refractivity contribution in [1.82, 2.24) is 4.90 Å². The highest BCUT2D eigenvalue weighted by Crippen LogP contribution is 2.16. The van der Waals surface area contributed by atoms with E-state index in [0.29, 0.717) is 4.90 Å². The van der Waals surface area contributed by atoms with Crippen molar-refractivity contribution >= 4 is 20.6 Å². The van der Waals surface area contributed by atoms with Crippen LogP contribution >= 0.6 is 0 Å². The van der Waals surface area contributed by atoms with Gasteiger partial charge in [0.2, 0.25) is 0 Å². The first-order chi connectivity index (χ1) is 8.21. The maximum atomic E-state index is 12.3. The molecule has 2 atom stereocenters. The third-order valence-electron chi connectivity index (χ3n) is 2.48. The molecule has 102 valence electrons. The van der Waals surface area contributed by atoms with Crippen molar-refractivity contribution in [2.45, 2.75) is 16.4 Å². The molecule has 0 radical (unpaired) electrons. The Kier molecular flexibility index (Phi) is 5.07. The van der Waals surface area contributed by atoms with Crippen LogP contribution < -0.4 is 0 Å². The molecule has 1 rings (SSSR count). The van der Waals surface area contributed by atoms with Gasteiger partial charge < -0.3 is 4.90 Å². The van der Waals surface area contributed by atoms with Crippen molar-refractivity contribution in [1.29, 1.82) is 0 Å². The summed E-state index contributed by atoms with van der Waals surface area (Å²) in [4.78, 5) is 2.29. The van der Waals surface area contributed by atoms with Crippen LogP contribution in [-0.2, 0) is 20.6 Å². The molecule has 0 aliphatic rings. The zero-order valence-electron chi connectivity index (χ0n) is 11.1. The Morgan fingerprint density at radius 3 is 2.11 bits per heavy atom. The van der Waals surface area contributed by atoms with E-state index in [-0.39, 0.29) is 6.54 Å². The normalized spacial score (nSPS) is 15.6. The van der Waals surface area contributed by atoms with Crippen molar-refractivity contribution in [2.75, 3.05) is 26.9 Å². The molecule has 6 heteroatoms. The van der Waals surface area contributed by atoms with Crippen molar-refractivity contribution in [3.8, 4) is 0 Å². The van der Waals surface area contributed by atoms with Gasteiger partial charge in [0.25, 0.3) is 0 Å². The molecule has 1 aromatic carbocycles. The predicted molar refractivity (Wildman–Crippen MR) is 74.8 cm³/mol. The predicted octanol–water partition coefficient (Wildman–Crippen LogP) is 1.03. The minimum atomic E-state index is -3.36. The SMILES string of the molecule is Cc1ccc(S(=O)C(CN(C)C)S(C)(=O)=O)cc1. The maximum Gasteiger partial charge on any atom is 0.163 e. The Hall–Kier alpha value is -0.720. The van der Waals surface area contributed by atoms with E-state index in [1.165, 1.54) is 0 Å². The average molecular weight is 289 g/mol. The summed E-state index contributed by atoms with van der Waals surface area (Å²) >= 11 is 0. The maximum absolute atomic E-state index is 12.3. The second-order valence-electron chi connectivity index (χ2n) is 4.63. The van der Waals surface area contributed by atoms with Crippen LogP contribution in [-0.4, -0.2) is 49.0 Å². The van der Waals surface area contributed by atoms with Gasteiger partial charge in [0, 0.05) is 17.7 Å². The zero-order chi connectivity index (χ0) is 13.9. The van der Waals surface area contributed by atoms with Crippen molar-refractivity contribution < 1.29 is 12.6 Å². The molecule has 18 heavy (non-hydrogen) atoms. The number of sulfone groups is 1. The van der Waals surface area contributed by atoms with Gasteiger partial charge in [0.05, 0.1) is 10.8 Å². The van der Waals surface area contributed by atoms with Gasteiger partial charge in [0.15, 0.2) is 14.4 Å². The number of nitrogens with zero attached hydrogens (tertiary/aromatic N) is 1. The van der Waals surface area contributed by atoms with Crippen LogP contribution in [0.2, 0.25) is 0 Å². The molecule has 0 saturated heterocycles. The van der Waals surface area contributed by atoms with Gasteiger partial charge in [-0.2, -0.15) is 0 Å². The fourth-order valence-corrected chi connectivity index (χ4v) is 4.80. The lowest BCUT2D eigenvalue weighted by molar-refractivity contribution is 0.422. The van der Waals surface area contributed by atoms with E-state index in [9.17, 15) is 12.6 Å². The third kappa shape index (κ3) is 4.19. The first-order valence-electron chi connectivity index (χ1n) is 5.52. The quantitative estimate of drug-likeness (QED) is 0.812. The summed E-state index contributed by atoms with van der Waals surface area (Å²) in [5.41, 5.74) is 1.05. The molecular weight excluding hydrogens is 270 g/mol.